The highest BCUT2D eigenvalue weighted by Crippen LogP contribution is 2.60. The van der Waals surface area contributed by atoms with Gasteiger partial charge in [0.2, 0.25) is 5.78 Å². The molecule has 0 amide bonds. The van der Waals surface area contributed by atoms with Gasteiger partial charge in [0, 0.05) is 17.1 Å². The number of likely N-dealkylation sites (N-methyl/N-ethyl adjacent to an activating group) is 1. The lowest BCUT2D eigenvalue weighted by molar-refractivity contribution is -0.0481. The summed E-state index contributed by atoms with van der Waals surface area (Å²) in [6.45, 7) is 12.8. The molecule has 0 spiro atoms. The lowest BCUT2D eigenvalue weighted by atomic mass is 9.58. The number of hydrogen-bond donors (Lipinski definition) is 2. The van der Waals surface area contributed by atoms with Crippen LogP contribution in [0.4, 0.5) is 4.39 Å². The number of carbonyl (C=O) groups excluding carboxylic acids is 2. The predicted octanol–water partition coefficient (Wildman–Crippen LogP) is 8.49. The molecule has 0 unspecified atom stereocenters. The van der Waals surface area contributed by atoms with Gasteiger partial charge in [-0.2, -0.15) is 0 Å². The van der Waals surface area contributed by atoms with Gasteiger partial charge in [0.25, 0.3) is 5.88 Å². The summed E-state index contributed by atoms with van der Waals surface area (Å²) in [5.41, 5.74) is 1.25. The topological polar surface area (TPSA) is 123 Å². The fourth-order valence-electron chi connectivity index (χ4n) is 8.66. The number of nitrogens with one attached hydrogen (secondary N) is 1. The Balaban J connectivity index is 1.43. The first-order valence-electron chi connectivity index (χ1n) is 19.7. The number of aromatic nitrogens is 1. The molecule has 3 aliphatic rings. The van der Waals surface area contributed by atoms with E-state index in [0.29, 0.717) is 29.9 Å². The van der Waals surface area contributed by atoms with Gasteiger partial charge in [-0.3, -0.25) is 14.5 Å². The maximum atomic E-state index is 16.9. The van der Waals surface area contributed by atoms with Crippen molar-refractivity contribution in [3.8, 4) is 11.6 Å². The van der Waals surface area contributed by atoms with Crippen molar-refractivity contribution in [3.63, 3.8) is 0 Å². The maximum Gasteiger partial charge on any atom is 0.265 e. The number of allylic oxidation sites excluding steroid dienone is 1. The van der Waals surface area contributed by atoms with E-state index in [2.05, 4.69) is 31.2 Å². The molecule has 0 bridgehead atoms. The lowest BCUT2D eigenvalue weighted by Crippen LogP contribution is -2.65. The van der Waals surface area contributed by atoms with Crippen molar-refractivity contribution in [2.24, 2.45) is 11.8 Å². The standard InChI is InChI=1S/C45H54FN3O7Si/c1-26-30(20-21-47-5)36(46)31-22-29-23-32-37(49(6)7)40-35(43(48-55-40)54-25-28-18-14-11-15-19-28)42(52)45(32,56-57(8,9)44(2,3)4)41(51)33(29)38(50)34(31)39(26)53-24-27-16-12-10-13-17-27/h10-19,29,32,37,47,51H,20-25H2,1-9H3/t29-,32-,37-,45-/m0/s1. The van der Waals surface area contributed by atoms with E-state index < -0.39 is 60.0 Å². The first-order chi connectivity index (χ1) is 27.0. The molecule has 4 atom stereocenters. The molecule has 2 N–H and O–H groups in total. The fraction of sp³-hybridized carbons (Fsp3) is 0.444. The summed E-state index contributed by atoms with van der Waals surface area (Å²) >= 11 is 0. The number of rotatable bonds is 12. The van der Waals surface area contributed by atoms with Gasteiger partial charge >= 0.3 is 0 Å². The van der Waals surface area contributed by atoms with Gasteiger partial charge in [-0.05, 0) is 105 Å². The van der Waals surface area contributed by atoms with Crippen LogP contribution in [0.2, 0.25) is 18.1 Å². The van der Waals surface area contributed by atoms with Crippen molar-refractivity contribution in [1.82, 2.24) is 15.4 Å². The van der Waals surface area contributed by atoms with Crippen molar-refractivity contribution in [2.45, 2.75) is 89.9 Å². The van der Waals surface area contributed by atoms with Crippen LogP contribution in [0.25, 0.3) is 0 Å². The number of nitrogens with zero attached hydrogens (tertiary/aromatic N) is 2. The molecule has 302 valence electrons. The second-order valence-corrected chi connectivity index (χ2v) is 22.1. The number of carbonyl (C=O) groups is 2. The molecule has 7 rings (SSSR count). The smallest absolute Gasteiger partial charge is 0.265 e. The number of Topliss-reactive ketones (excluding diaryl/α,β-unsaturated/α-hetero) is 2. The van der Waals surface area contributed by atoms with Crippen LogP contribution in [0.1, 0.15) is 87.5 Å². The third-order valence-corrected chi connectivity index (χ3v) is 17.0. The summed E-state index contributed by atoms with van der Waals surface area (Å²) in [4.78, 5) is 32.7. The Bertz CT molecular complexity index is 2210. The Hall–Kier alpha value is -4.62. The first-order valence-corrected chi connectivity index (χ1v) is 22.6. The van der Waals surface area contributed by atoms with Gasteiger partial charge in [-0.15, -0.1) is 0 Å². The second kappa shape index (κ2) is 15.3. The zero-order valence-corrected chi connectivity index (χ0v) is 35.4. The average Bonchev–Trinajstić information content (AvgIpc) is 3.59. The Labute approximate surface area is 335 Å². The largest absolute Gasteiger partial charge is 0.508 e. The molecule has 4 aromatic rings. The number of aliphatic hydroxyl groups excluding tert-OH is 1. The van der Waals surface area contributed by atoms with Crippen LogP contribution in [0.5, 0.6) is 11.6 Å². The highest BCUT2D eigenvalue weighted by Gasteiger charge is 2.67. The zero-order chi connectivity index (χ0) is 41.0. The number of fused-ring (bicyclic) bond motifs is 4. The molecule has 1 aromatic heterocycles. The van der Waals surface area contributed by atoms with Crippen LogP contribution >= 0.6 is 0 Å². The minimum atomic E-state index is -2.92. The van der Waals surface area contributed by atoms with Crippen molar-refractivity contribution < 1.29 is 37.5 Å². The van der Waals surface area contributed by atoms with Crippen LogP contribution in [-0.4, -0.2) is 68.3 Å². The monoisotopic (exact) mass is 795 g/mol. The molecule has 0 fully saturated rings. The predicted molar refractivity (Wildman–Crippen MR) is 218 cm³/mol. The van der Waals surface area contributed by atoms with Gasteiger partial charge in [0.1, 0.15) is 36.1 Å². The van der Waals surface area contributed by atoms with E-state index in [9.17, 15) is 5.11 Å². The Morgan fingerprint density at radius 1 is 1.00 bits per heavy atom. The summed E-state index contributed by atoms with van der Waals surface area (Å²) in [5.74, 6) is -2.79. The van der Waals surface area contributed by atoms with Gasteiger partial charge in [0.15, 0.2) is 25.5 Å². The van der Waals surface area contributed by atoms with E-state index in [1.165, 1.54) is 0 Å². The number of ketones is 2. The molecule has 0 radical (unpaired) electrons. The summed E-state index contributed by atoms with van der Waals surface area (Å²) in [5, 5.41) is 20.0. The Morgan fingerprint density at radius 3 is 2.19 bits per heavy atom. The van der Waals surface area contributed by atoms with Crippen LogP contribution in [0.15, 0.2) is 76.5 Å². The van der Waals surface area contributed by atoms with Crippen LogP contribution in [0, 0.1) is 24.6 Å². The summed E-state index contributed by atoms with van der Waals surface area (Å²) < 4.78 is 42.8. The minimum Gasteiger partial charge on any atom is -0.508 e. The van der Waals surface area contributed by atoms with E-state index in [1.807, 2.05) is 99.8 Å². The second-order valence-electron chi connectivity index (χ2n) is 17.4. The highest BCUT2D eigenvalue weighted by atomic mass is 28.4. The molecule has 0 aliphatic heterocycles. The number of aliphatic hydroxyl groups is 1. The molecule has 3 aromatic carbocycles. The number of hydrogen-bond acceptors (Lipinski definition) is 10. The number of benzene rings is 3. The zero-order valence-electron chi connectivity index (χ0n) is 34.4. The van der Waals surface area contributed by atoms with Gasteiger partial charge in [-0.1, -0.05) is 81.4 Å². The lowest BCUT2D eigenvalue weighted by Gasteiger charge is -2.55. The van der Waals surface area contributed by atoms with Gasteiger partial charge in [-0.25, -0.2) is 4.39 Å². The van der Waals surface area contributed by atoms with Crippen molar-refractivity contribution in [1.29, 1.82) is 0 Å². The SMILES string of the molecule is CNCCc1c(C)c(OCc2ccccc2)c2c(c1F)C[C@H]1C[C@H]3[C@H](N(C)C)c4onc(OCc5ccccc5)c4C(=O)[C@@]3(O[Si](C)(C)C(C)(C)C)C(O)=C1C2=O. The highest BCUT2D eigenvalue weighted by molar-refractivity contribution is 6.74. The van der Waals surface area contributed by atoms with E-state index in [4.69, 9.17) is 18.4 Å². The van der Waals surface area contributed by atoms with Crippen molar-refractivity contribution >= 4 is 19.9 Å². The van der Waals surface area contributed by atoms with Crippen LogP contribution in [-0.2, 0) is 30.5 Å². The third kappa shape index (κ3) is 6.83. The quantitative estimate of drug-likeness (QED) is 0.135. The Kier molecular flexibility index (Phi) is 10.9. The molecule has 1 heterocycles. The summed E-state index contributed by atoms with van der Waals surface area (Å²) in [6.07, 6.45) is 0.742. The summed E-state index contributed by atoms with van der Waals surface area (Å²) in [7, 11) is 2.64. The molecular weight excluding hydrogens is 742 g/mol. The summed E-state index contributed by atoms with van der Waals surface area (Å²) in [6, 6.07) is 18.5. The third-order valence-electron chi connectivity index (χ3n) is 12.6. The number of halogens is 1. The first kappa shape index (κ1) is 40.6. The van der Waals surface area contributed by atoms with Crippen LogP contribution in [0.3, 0.4) is 0 Å². The average molecular weight is 796 g/mol. The van der Waals surface area contributed by atoms with Gasteiger partial charge in [0.05, 0.1) is 11.6 Å². The number of ether oxygens (including phenoxy) is 2. The fourth-order valence-corrected chi connectivity index (χ4v) is 10.1. The van der Waals surface area contributed by atoms with E-state index in [1.54, 1.807) is 6.92 Å². The molecule has 0 saturated heterocycles. The van der Waals surface area contributed by atoms with E-state index >= 15 is 14.0 Å². The maximum absolute atomic E-state index is 16.9. The molecule has 12 heteroatoms. The van der Waals surface area contributed by atoms with Crippen LogP contribution < -0.4 is 14.8 Å². The van der Waals surface area contributed by atoms with Crippen molar-refractivity contribution in [2.75, 3.05) is 27.7 Å². The Morgan fingerprint density at radius 2 is 1.61 bits per heavy atom. The normalized spacial score (nSPS) is 21.9. The van der Waals surface area contributed by atoms with E-state index in [0.717, 1.165) is 11.1 Å². The molecule has 10 nitrogen and oxygen atoms in total. The molecule has 3 aliphatic carbocycles. The van der Waals surface area contributed by atoms with Crippen molar-refractivity contribution in [3.05, 3.63) is 123 Å². The molecular formula is C45H54FN3O7Si. The van der Waals surface area contributed by atoms with E-state index in [-0.39, 0.29) is 59.9 Å². The minimum absolute atomic E-state index is 0.00834. The molecule has 57 heavy (non-hydrogen) atoms. The van der Waals surface area contributed by atoms with Gasteiger partial charge < -0.3 is 28.8 Å². The molecule has 0 saturated carbocycles.